The number of nitrogens with one attached hydrogen (secondary N) is 1. The van der Waals surface area contributed by atoms with Crippen molar-refractivity contribution in [1.82, 2.24) is 14.7 Å². The lowest BCUT2D eigenvalue weighted by Crippen LogP contribution is -2.27. The van der Waals surface area contributed by atoms with Gasteiger partial charge >= 0.3 is 0 Å². The molecule has 27 heavy (non-hydrogen) atoms. The minimum Gasteiger partial charge on any atom is -0.334 e. The van der Waals surface area contributed by atoms with Gasteiger partial charge in [-0.15, -0.1) is 0 Å². The van der Waals surface area contributed by atoms with Crippen LogP contribution in [0.2, 0.25) is 0 Å². The first-order chi connectivity index (χ1) is 13.0. The van der Waals surface area contributed by atoms with Crippen molar-refractivity contribution in [3.05, 3.63) is 64.3 Å². The van der Waals surface area contributed by atoms with Gasteiger partial charge in [-0.2, -0.15) is 4.98 Å². The van der Waals surface area contributed by atoms with Gasteiger partial charge in [0.15, 0.2) is 5.82 Å². The van der Waals surface area contributed by atoms with Crippen LogP contribution in [-0.4, -0.2) is 20.6 Å². The van der Waals surface area contributed by atoms with E-state index < -0.39 is 0 Å². The fourth-order valence-electron chi connectivity index (χ4n) is 2.66. The van der Waals surface area contributed by atoms with Crippen molar-refractivity contribution < 1.29 is 9.32 Å². The second kappa shape index (κ2) is 7.99. The van der Waals surface area contributed by atoms with E-state index in [0.29, 0.717) is 17.3 Å². The topological polar surface area (TPSA) is 90.0 Å². The van der Waals surface area contributed by atoms with Gasteiger partial charge in [0, 0.05) is 23.9 Å². The van der Waals surface area contributed by atoms with Gasteiger partial charge in [-0.1, -0.05) is 44.1 Å². The Hall–Kier alpha value is -3.22. The molecule has 3 rings (SSSR count). The number of hydrogen-bond donors (Lipinski definition) is 1. The molecule has 0 aliphatic carbocycles. The van der Waals surface area contributed by atoms with Crippen LogP contribution in [0.5, 0.6) is 0 Å². The second-order valence-electron chi connectivity index (χ2n) is 6.56. The second-order valence-corrected chi connectivity index (χ2v) is 6.56. The van der Waals surface area contributed by atoms with Crippen LogP contribution in [-0.2, 0) is 17.8 Å². The summed E-state index contributed by atoms with van der Waals surface area (Å²) in [6.07, 6.45) is 2.37. The summed E-state index contributed by atoms with van der Waals surface area (Å²) >= 11 is 0. The summed E-state index contributed by atoms with van der Waals surface area (Å²) < 4.78 is 6.59. The molecule has 7 heteroatoms. The summed E-state index contributed by atoms with van der Waals surface area (Å²) in [6, 6.07) is 10.6. The van der Waals surface area contributed by atoms with E-state index in [0.717, 1.165) is 17.7 Å². The third-order valence-corrected chi connectivity index (χ3v) is 4.17. The van der Waals surface area contributed by atoms with E-state index in [2.05, 4.69) is 15.5 Å². The number of aromatic nitrogens is 3. The fraction of sp³-hybridized carbons (Fsp3) is 0.300. The Labute approximate surface area is 157 Å². The monoisotopic (exact) mass is 366 g/mol. The average molecular weight is 366 g/mol. The third kappa shape index (κ3) is 4.31. The van der Waals surface area contributed by atoms with E-state index in [1.54, 1.807) is 12.3 Å². The normalized spacial score (nSPS) is 11.0. The van der Waals surface area contributed by atoms with Crippen molar-refractivity contribution in [3.8, 4) is 11.5 Å². The highest BCUT2D eigenvalue weighted by Gasteiger charge is 2.14. The number of para-hydroxylation sites is 1. The number of anilines is 1. The summed E-state index contributed by atoms with van der Waals surface area (Å²) in [5.74, 6) is 0.780. The van der Waals surface area contributed by atoms with E-state index in [-0.39, 0.29) is 23.9 Å². The lowest BCUT2D eigenvalue weighted by Gasteiger charge is -2.11. The van der Waals surface area contributed by atoms with Crippen LogP contribution in [0.15, 0.2) is 51.9 Å². The largest absolute Gasteiger partial charge is 0.334 e. The van der Waals surface area contributed by atoms with Crippen LogP contribution in [0.4, 0.5) is 5.69 Å². The molecule has 1 amide bonds. The van der Waals surface area contributed by atoms with Crippen LogP contribution in [0.1, 0.15) is 38.1 Å². The van der Waals surface area contributed by atoms with Gasteiger partial charge in [0.2, 0.25) is 5.91 Å². The molecule has 0 saturated carbocycles. The Morgan fingerprint density at radius 2 is 2.00 bits per heavy atom. The Balaban J connectivity index is 1.80. The Morgan fingerprint density at radius 3 is 2.70 bits per heavy atom. The zero-order chi connectivity index (χ0) is 19.4. The van der Waals surface area contributed by atoms with Gasteiger partial charge < -0.3 is 14.4 Å². The van der Waals surface area contributed by atoms with Crippen LogP contribution in [0.25, 0.3) is 11.5 Å². The molecule has 1 aromatic carbocycles. The highest BCUT2D eigenvalue weighted by molar-refractivity contribution is 5.91. The average Bonchev–Trinajstić information content (AvgIpc) is 3.14. The number of benzene rings is 1. The number of carbonyl (C=O) groups is 1. The number of hydrogen-bond acceptors (Lipinski definition) is 5. The number of nitrogens with zero attached hydrogens (tertiary/aromatic N) is 3. The Bertz CT molecular complexity index is 1000. The lowest BCUT2D eigenvalue weighted by atomic mass is 10.1. The highest BCUT2D eigenvalue weighted by Crippen LogP contribution is 2.19. The predicted molar refractivity (Wildman–Crippen MR) is 103 cm³/mol. The lowest BCUT2D eigenvalue weighted by molar-refractivity contribution is -0.116. The Kier molecular flexibility index (Phi) is 5.49. The zero-order valence-corrected chi connectivity index (χ0v) is 15.6. The smallest absolute Gasteiger partial charge is 0.259 e. The van der Waals surface area contributed by atoms with Gasteiger partial charge in [0.05, 0.1) is 5.56 Å². The van der Waals surface area contributed by atoms with Crippen molar-refractivity contribution in [2.45, 2.75) is 39.7 Å². The van der Waals surface area contributed by atoms with Crippen LogP contribution < -0.4 is 10.9 Å². The summed E-state index contributed by atoms with van der Waals surface area (Å²) in [7, 11) is 0. The SMILES string of the molecule is CCc1ccccc1NC(=O)Cn1cc(-c2nc(C(C)C)no2)ccc1=O. The van der Waals surface area contributed by atoms with Crippen molar-refractivity contribution in [3.63, 3.8) is 0 Å². The van der Waals surface area contributed by atoms with Crippen LogP contribution in [0, 0.1) is 0 Å². The van der Waals surface area contributed by atoms with Crippen LogP contribution in [0.3, 0.4) is 0 Å². The van der Waals surface area contributed by atoms with Crippen LogP contribution >= 0.6 is 0 Å². The molecule has 2 aromatic heterocycles. The van der Waals surface area contributed by atoms with Crippen molar-refractivity contribution in [2.24, 2.45) is 0 Å². The standard InChI is InChI=1S/C20H22N4O3/c1-4-14-7-5-6-8-16(14)21-17(25)12-24-11-15(9-10-18(24)26)20-22-19(13(2)3)23-27-20/h5-11,13H,4,12H2,1-3H3,(H,21,25). The van der Waals surface area contributed by atoms with Gasteiger partial charge in [-0.05, 0) is 24.1 Å². The minimum atomic E-state index is -0.277. The first-order valence-corrected chi connectivity index (χ1v) is 8.90. The predicted octanol–water partition coefficient (Wildman–Crippen LogP) is 3.22. The molecule has 0 radical (unpaired) electrons. The first-order valence-electron chi connectivity index (χ1n) is 8.90. The third-order valence-electron chi connectivity index (χ3n) is 4.17. The number of rotatable bonds is 6. The quantitative estimate of drug-likeness (QED) is 0.723. The number of pyridine rings is 1. The maximum absolute atomic E-state index is 12.4. The van der Waals surface area contributed by atoms with Gasteiger partial charge in [-0.25, -0.2) is 0 Å². The maximum Gasteiger partial charge on any atom is 0.259 e. The molecule has 0 saturated heterocycles. The van der Waals surface area contributed by atoms with Crippen molar-refractivity contribution in [1.29, 1.82) is 0 Å². The highest BCUT2D eigenvalue weighted by atomic mass is 16.5. The molecule has 0 aliphatic rings. The molecule has 0 aliphatic heterocycles. The maximum atomic E-state index is 12.4. The molecular weight excluding hydrogens is 344 g/mol. The summed E-state index contributed by atoms with van der Waals surface area (Å²) in [4.78, 5) is 28.9. The molecule has 0 spiro atoms. The summed E-state index contributed by atoms with van der Waals surface area (Å²) in [5.41, 5.74) is 2.11. The molecule has 1 N–H and O–H groups in total. The van der Waals surface area contributed by atoms with Crippen molar-refractivity contribution in [2.75, 3.05) is 5.32 Å². The molecule has 0 atom stereocenters. The fourth-order valence-corrected chi connectivity index (χ4v) is 2.66. The van der Waals surface area contributed by atoms with Gasteiger partial charge in [-0.3, -0.25) is 9.59 Å². The van der Waals surface area contributed by atoms with E-state index in [1.165, 1.54) is 10.6 Å². The number of amides is 1. The van der Waals surface area contributed by atoms with Gasteiger partial charge in [0.25, 0.3) is 11.4 Å². The number of carbonyl (C=O) groups excluding carboxylic acids is 1. The molecule has 140 valence electrons. The molecule has 3 aromatic rings. The molecule has 2 heterocycles. The Morgan fingerprint density at radius 1 is 1.22 bits per heavy atom. The van der Waals surface area contributed by atoms with Crippen molar-refractivity contribution >= 4 is 11.6 Å². The van der Waals surface area contributed by atoms with Gasteiger partial charge in [0.1, 0.15) is 6.54 Å². The molecule has 7 nitrogen and oxygen atoms in total. The van der Waals surface area contributed by atoms with E-state index in [1.807, 2.05) is 45.0 Å². The van der Waals surface area contributed by atoms with E-state index >= 15 is 0 Å². The van der Waals surface area contributed by atoms with E-state index in [9.17, 15) is 9.59 Å². The summed E-state index contributed by atoms with van der Waals surface area (Å²) in [5, 5.41) is 6.79. The molecular formula is C20H22N4O3. The number of aryl methyl sites for hydroxylation is 1. The first kappa shape index (κ1) is 18.6. The van der Waals surface area contributed by atoms with E-state index in [4.69, 9.17) is 4.52 Å². The molecule has 0 bridgehead atoms. The zero-order valence-electron chi connectivity index (χ0n) is 15.6. The summed E-state index contributed by atoms with van der Waals surface area (Å²) in [6.45, 7) is 5.85. The molecule has 0 fully saturated rings. The minimum absolute atomic E-state index is 0.101. The molecule has 0 unspecified atom stereocenters.